The van der Waals surface area contributed by atoms with Gasteiger partial charge in [-0.15, -0.1) is 0 Å². The molecule has 1 unspecified atom stereocenters. The third-order valence-corrected chi connectivity index (χ3v) is 4.91. The van der Waals surface area contributed by atoms with Crippen LogP contribution in [0.2, 0.25) is 5.02 Å². The number of hydrogen-bond acceptors (Lipinski definition) is 3. The number of aryl methyl sites for hydroxylation is 1. The summed E-state index contributed by atoms with van der Waals surface area (Å²) in [6.07, 6.45) is 7.21. The summed E-state index contributed by atoms with van der Waals surface area (Å²) in [6.45, 7) is 3.04. The van der Waals surface area contributed by atoms with E-state index in [0.717, 1.165) is 31.4 Å². The number of likely N-dealkylation sites (tertiary alicyclic amines) is 1. The highest BCUT2D eigenvalue weighted by atomic mass is 35.5. The largest absolute Gasteiger partial charge is 0.441 e. The van der Waals surface area contributed by atoms with Gasteiger partial charge in [-0.3, -0.25) is 4.79 Å². The molecule has 5 heteroatoms. The first-order valence-electron chi connectivity index (χ1n) is 8.67. The fourth-order valence-electron chi connectivity index (χ4n) is 3.28. The topological polar surface area (TPSA) is 46.3 Å². The molecular weight excluding hydrogens is 324 g/mol. The number of aromatic nitrogens is 1. The van der Waals surface area contributed by atoms with Crippen LogP contribution >= 0.6 is 11.6 Å². The molecule has 3 rings (SSSR count). The van der Waals surface area contributed by atoms with Crippen LogP contribution in [0.1, 0.15) is 44.9 Å². The first-order chi connectivity index (χ1) is 11.7. The van der Waals surface area contributed by atoms with E-state index in [-0.39, 0.29) is 5.91 Å². The molecule has 128 valence electrons. The molecule has 1 atom stereocenters. The van der Waals surface area contributed by atoms with Crippen LogP contribution < -0.4 is 0 Å². The Morgan fingerprint density at radius 1 is 1.33 bits per heavy atom. The van der Waals surface area contributed by atoms with Crippen molar-refractivity contribution in [1.29, 1.82) is 0 Å². The molecule has 2 aromatic rings. The predicted octanol–water partition coefficient (Wildman–Crippen LogP) is 4.72. The molecule has 0 bridgehead atoms. The third kappa shape index (κ3) is 3.99. The molecule has 1 saturated heterocycles. The average Bonchev–Trinajstić information content (AvgIpc) is 3.09. The smallest absolute Gasteiger partial charge is 0.223 e. The first kappa shape index (κ1) is 17.0. The fraction of sp³-hybridized carbons (Fsp3) is 0.474. The van der Waals surface area contributed by atoms with Crippen LogP contribution in [-0.2, 0) is 11.2 Å². The summed E-state index contributed by atoms with van der Waals surface area (Å²) in [5.74, 6) is 1.53. The van der Waals surface area contributed by atoms with Gasteiger partial charge < -0.3 is 9.32 Å². The minimum atomic E-state index is 0.216. The Kier molecular flexibility index (Phi) is 5.56. The van der Waals surface area contributed by atoms with Gasteiger partial charge in [0, 0.05) is 36.0 Å². The molecule has 1 aliphatic heterocycles. The highest BCUT2D eigenvalue weighted by Crippen LogP contribution is 2.24. The van der Waals surface area contributed by atoms with Crippen LogP contribution in [0.3, 0.4) is 0 Å². The van der Waals surface area contributed by atoms with Gasteiger partial charge in [-0.25, -0.2) is 4.98 Å². The van der Waals surface area contributed by atoms with Crippen LogP contribution in [-0.4, -0.2) is 28.4 Å². The first-order valence-corrected chi connectivity index (χ1v) is 9.05. The predicted molar refractivity (Wildman–Crippen MR) is 94.9 cm³/mol. The quantitative estimate of drug-likeness (QED) is 0.787. The van der Waals surface area contributed by atoms with Crippen molar-refractivity contribution in [3.05, 3.63) is 41.4 Å². The van der Waals surface area contributed by atoms with Crippen molar-refractivity contribution in [2.24, 2.45) is 0 Å². The normalized spacial score (nSPS) is 17.9. The number of carbonyl (C=O) groups excluding carboxylic acids is 1. The standard InChI is InChI=1S/C19H23ClN2O2/c1-2-16-5-3-4-12-22(16)19(23)11-10-18-21-13-17(24-18)14-6-8-15(20)9-7-14/h6-9,13,16H,2-5,10-12H2,1H3. The molecule has 1 aromatic carbocycles. The zero-order chi connectivity index (χ0) is 16.9. The maximum Gasteiger partial charge on any atom is 0.223 e. The summed E-state index contributed by atoms with van der Waals surface area (Å²) in [7, 11) is 0. The SMILES string of the molecule is CCC1CCCCN1C(=O)CCc1ncc(-c2ccc(Cl)cc2)o1. The summed E-state index contributed by atoms with van der Waals surface area (Å²) in [4.78, 5) is 18.8. The van der Waals surface area contributed by atoms with E-state index in [1.54, 1.807) is 6.20 Å². The summed E-state index contributed by atoms with van der Waals surface area (Å²) in [5.41, 5.74) is 0.937. The Hall–Kier alpha value is -1.81. The van der Waals surface area contributed by atoms with Crippen LogP contribution in [0.5, 0.6) is 0 Å². The number of amides is 1. The molecule has 0 aliphatic carbocycles. The molecule has 1 aliphatic rings. The molecule has 0 spiro atoms. The van der Waals surface area contributed by atoms with Crippen molar-refractivity contribution in [2.45, 2.75) is 51.5 Å². The number of nitrogens with zero attached hydrogens (tertiary/aromatic N) is 2. The minimum Gasteiger partial charge on any atom is -0.441 e. The monoisotopic (exact) mass is 346 g/mol. The Morgan fingerprint density at radius 3 is 2.88 bits per heavy atom. The molecule has 2 heterocycles. The van der Waals surface area contributed by atoms with Gasteiger partial charge in [0.15, 0.2) is 11.7 Å². The van der Waals surface area contributed by atoms with E-state index in [2.05, 4.69) is 11.9 Å². The second kappa shape index (κ2) is 7.84. The van der Waals surface area contributed by atoms with E-state index in [0.29, 0.717) is 35.6 Å². The van der Waals surface area contributed by atoms with E-state index in [1.165, 1.54) is 6.42 Å². The number of carbonyl (C=O) groups is 1. The van der Waals surface area contributed by atoms with Gasteiger partial charge >= 0.3 is 0 Å². The van der Waals surface area contributed by atoms with Gasteiger partial charge in [0.1, 0.15) is 0 Å². The van der Waals surface area contributed by atoms with Crippen molar-refractivity contribution < 1.29 is 9.21 Å². The second-order valence-corrected chi connectivity index (χ2v) is 6.71. The van der Waals surface area contributed by atoms with Crippen molar-refractivity contribution in [3.8, 4) is 11.3 Å². The molecule has 0 N–H and O–H groups in total. The summed E-state index contributed by atoms with van der Waals surface area (Å²) in [6, 6.07) is 7.85. The van der Waals surface area contributed by atoms with Gasteiger partial charge in [-0.1, -0.05) is 18.5 Å². The van der Waals surface area contributed by atoms with Gasteiger partial charge in [0.25, 0.3) is 0 Å². The Bertz CT molecular complexity index is 681. The third-order valence-electron chi connectivity index (χ3n) is 4.65. The summed E-state index contributed by atoms with van der Waals surface area (Å²) < 4.78 is 5.78. The van der Waals surface area contributed by atoms with Crippen molar-refractivity contribution >= 4 is 17.5 Å². The molecule has 1 fully saturated rings. The molecule has 1 amide bonds. The van der Waals surface area contributed by atoms with Crippen molar-refractivity contribution in [1.82, 2.24) is 9.88 Å². The van der Waals surface area contributed by atoms with E-state index in [4.69, 9.17) is 16.0 Å². The van der Waals surface area contributed by atoms with Crippen molar-refractivity contribution in [3.63, 3.8) is 0 Å². The van der Waals surface area contributed by atoms with Gasteiger partial charge in [0.2, 0.25) is 5.91 Å². The van der Waals surface area contributed by atoms with E-state index in [1.807, 2.05) is 29.2 Å². The molecule has 1 aromatic heterocycles. The fourth-order valence-corrected chi connectivity index (χ4v) is 3.41. The van der Waals surface area contributed by atoms with Gasteiger partial charge in [-0.05, 0) is 49.9 Å². The van der Waals surface area contributed by atoms with E-state index in [9.17, 15) is 4.79 Å². The molecule has 0 radical (unpaired) electrons. The number of benzene rings is 1. The lowest BCUT2D eigenvalue weighted by Crippen LogP contribution is -2.43. The van der Waals surface area contributed by atoms with Crippen LogP contribution in [0, 0.1) is 0 Å². The second-order valence-electron chi connectivity index (χ2n) is 6.27. The number of oxazole rings is 1. The van der Waals surface area contributed by atoms with Crippen molar-refractivity contribution in [2.75, 3.05) is 6.54 Å². The van der Waals surface area contributed by atoms with E-state index >= 15 is 0 Å². The number of halogens is 1. The zero-order valence-corrected chi connectivity index (χ0v) is 14.8. The van der Waals surface area contributed by atoms with Gasteiger partial charge in [0.05, 0.1) is 6.20 Å². The number of hydrogen-bond donors (Lipinski definition) is 0. The summed E-state index contributed by atoms with van der Waals surface area (Å²) >= 11 is 5.90. The average molecular weight is 347 g/mol. The lowest BCUT2D eigenvalue weighted by atomic mass is 9.99. The van der Waals surface area contributed by atoms with Crippen LogP contribution in [0.4, 0.5) is 0 Å². The number of rotatable bonds is 5. The van der Waals surface area contributed by atoms with Crippen LogP contribution in [0.15, 0.2) is 34.9 Å². The summed E-state index contributed by atoms with van der Waals surface area (Å²) in [5, 5.41) is 0.691. The molecule has 4 nitrogen and oxygen atoms in total. The lowest BCUT2D eigenvalue weighted by Gasteiger charge is -2.35. The Morgan fingerprint density at radius 2 is 2.12 bits per heavy atom. The Balaban J connectivity index is 1.59. The lowest BCUT2D eigenvalue weighted by molar-refractivity contribution is -0.135. The minimum absolute atomic E-state index is 0.216. The Labute approximate surface area is 147 Å². The maximum absolute atomic E-state index is 12.5. The number of piperidine rings is 1. The highest BCUT2D eigenvalue weighted by molar-refractivity contribution is 6.30. The van der Waals surface area contributed by atoms with Gasteiger partial charge in [-0.2, -0.15) is 0 Å². The van der Waals surface area contributed by atoms with E-state index < -0.39 is 0 Å². The molecule has 24 heavy (non-hydrogen) atoms. The zero-order valence-electron chi connectivity index (χ0n) is 14.0. The maximum atomic E-state index is 12.5. The van der Waals surface area contributed by atoms with Crippen LogP contribution in [0.25, 0.3) is 11.3 Å². The highest BCUT2D eigenvalue weighted by Gasteiger charge is 2.25. The molecule has 0 saturated carbocycles. The molecular formula is C19H23ClN2O2.